The van der Waals surface area contributed by atoms with Gasteiger partial charge >= 0.3 is 13.3 Å². The molecule has 1 aromatic heterocycles. The Morgan fingerprint density at radius 3 is 2.11 bits per heavy atom. The molecule has 0 amide bonds. The maximum absolute atomic E-state index is 12.9. The van der Waals surface area contributed by atoms with E-state index in [1.54, 1.807) is 27.7 Å². The molecule has 19 heavy (non-hydrogen) atoms. The van der Waals surface area contributed by atoms with Gasteiger partial charge in [0.05, 0.1) is 11.2 Å². The van der Waals surface area contributed by atoms with Gasteiger partial charge in [0, 0.05) is 11.7 Å². The highest BCUT2D eigenvalue weighted by Gasteiger charge is 2.54. The number of alkyl halides is 3. The standard InChI is InChI=1S/C10H15BF3N3O2/c1-8(2)9(3,4)19-11(18-8)6-5-17(15)16-7(6)10(12,13)14/h5H,15H2,1-4H3. The molecule has 1 saturated heterocycles. The number of hydrogen-bond acceptors (Lipinski definition) is 4. The molecule has 0 unspecified atom stereocenters. The van der Waals surface area contributed by atoms with Crippen LogP contribution in [0.25, 0.3) is 0 Å². The van der Waals surface area contributed by atoms with Crippen molar-refractivity contribution < 1.29 is 22.5 Å². The molecule has 5 nitrogen and oxygen atoms in total. The number of nitrogens with two attached hydrogens (primary N) is 1. The maximum Gasteiger partial charge on any atom is 0.498 e. The van der Waals surface area contributed by atoms with Crippen LogP contribution in [0.2, 0.25) is 0 Å². The summed E-state index contributed by atoms with van der Waals surface area (Å²) in [6.45, 7) is 7.03. The Balaban J connectivity index is 2.40. The third-order valence-corrected chi connectivity index (χ3v) is 3.54. The summed E-state index contributed by atoms with van der Waals surface area (Å²) in [6.07, 6.45) is -3.55. The molecule has 1 fully saturated rings. The average Bonchev–Trinajstić information content (AvgIpc) is 2.65. The van der Waals surface area contributed by atoms with Crippen LogP contribution in [-0.2, 0) is 15.5 Å². The largest absolute Gasteiger partial charge is 0.498 e. The van der Waals surface area contributed by atoms with Crippen molar-refractivity contribution in [2.45, 2.75) is 45.1 Å². The van der Waals surface area contributed by atoms with Gasteiger partial charge in [-0.05, 0) is 27.7 Å². The fraction of sp³-hybridized carbons (Fsp3) is 0.700. The molecule has 0 saturated carbocycles. The molecule has 0 atom stereocenters. The first-order valence-electron chi connectivity index (χ1n) is 5.71. The van der Waals surface area contributed by atoms with Gasteiger partial charge in [0.2, 0.25) is 0 Å². The van der Waals surface area contributed by atoms with Crippen LogP contribution in [0.1, 0.15) is 33.4 Å². The first-order chi connectivity index (χ1) is 8.44. The van der Waals surface area contributed by atoms with Gasteiger partial charge in [-0.1, -0.05) is 0 Å². The highest BCUT2D eigenvalue weighted by atomic mass is 19.4. The van der Waals surface area contributed by atoms with E-state index in [0.29, 0.717) is 4.79 Å². The predicted molar refractivity (Wildman–Crippen MR) is 63.1 cm³/mol. The second kappa shape index (κ2) is 3.89. The molecule has 0 spiro atoms. The molecule has 2 heterocycles. The number of rotatable bonds is 1. The van der Waals surface area contributed by atoms with Crippen LogP contribution in [0, 0.1) is 0 Å². The molecule has 0 bridgehead atoms. The summed E-state index contributed by atoms with van der Waals surface area (Å²) < 4.78 is 49.7. The zero-order valence-corrected chi connectivity index (χ0v) is 11.1. The van der Waals surface area contributed by atoms with Crippen LogP contribution in [0.5, 0.6) is 0 Å². The molecule has 0 aromatic carbocycles. The van der Waals surface area contributed by atoms with Crippen LogP contribution in [0.15, 0.2) is 6.20 Å². The van der Waals surface area contributed by atoms with Gasteiger partial charge in [0.1, 0.15) is 0 Å². The minimum Gasteiger partial charge on any atom is -0.399 e. The third-order valence-electron chi connectivity index (χ3n) is 3.54. The van der Waals surface area contributed by atoms with Gasteiger partial charge < -0.3 is 15.2 Å². The fourth-order valence-electron chi connectivity index (χ4n) is 1.77. The normalized spacial score (nSPS) is 21.9. The van der Waals surface area contributed by atoms with Crippen molar-refractivity contribution in [3.8, 4) is 0 Å². The second-order valence-corrected chi connectivity index (χ2v) is 5.50. The molecule has 1 aliphatic heterocycles. The van der Waals surface area contributed by atoms with Crippen molar-refractivity contribution >= 4 is 12.6 Å². The predicted octanol–water partition coefficient (Wildman–Crippen LogP) is 0.915. The van der Waals surface area contributed by atoms with Crippen LogP contribution in [-0.4, -0.2) is 28.2 Å². The van der Waals surface area contributed by atoms with Crippen molar-refractivity contribution in [2.24, 2.45) is 0 Å². The Morgan fingerprint density at radius 1 is 1.21 bits per heavy atom. The van der Waals surface area contributed by atoms with E-state index in [0.717, 1.165) is 6.20 Å². The zero-order valence-electron chi connectivity index (χ0n) is 11.1. The number of hydrogen-bond donors (Lipinski definition) is 1. The third kappa shape index (κ3) is 2.32. The molecule has 106 valence electrons. The number of aromatic nitrogens is 2. The van der Waals surface area contributed by atoms with Crippen molar-refractivity contribution in [3.05, 3.63) is 11.9 Å². The second-order valence-electron chi connectivity index (χ2n) is 5.50. The summed E-state index contributed by atoms with van der Waals surface area (Å²) in [5.41, 5.74) is -2.75. The summed E-state index contributed by atoms with van der Waals surface area (Å²) in [7, 11) is -1.14. The fourth-order valence-corrected chi connectivity index (χ4v) is 1.77. The molecule has 1 aliphatic rings. The van der Waals surface area contributed by atoms with E-state index in [4.69, 9.17) is 15.2 Å². The van der Waals surface area contributed by atoms with Gasteiger partial charge in [0.15, 0.2) is 5.69 Å². The lowest BCUT2D eigenvalue weighted by Gasteiger charge is -2.32. The van der Waals surface area contributed by atoms with Gasteiger partial charge in [-0.2, -0.15) is 18.0 Å². The number of halogens is 3. The van der Waals surface area contributed by atoms with Crippen LogP contribution >= 0.6 is 0 Å². The lowest BCUT2D eigenvalue weighted by molar-refractivity contribution is -0.140. The highest BCUT2D eigenvalue weighted by Crippen LogP contribution is 2.37. The van der Waals surface area contributed by atoms with Gasteiger partial charge in [0.25, 0.3) is 0 Å². The van der Waals surface area contributed by atoms with Gasteiger partial charge in [-0.25, -0.2) is 0 Å². The van der Waals surface area contributed by atoms with E-state index in [9.17, 15) is 13.2 Å². The summed E-state index contributed by atoms with van der Waals surface area (Å²) >= 11 is 0. The quantitative estimate of drug-likeness (QED) is 0.612. The van der Waals surface area contributed by atoms with Crippen LogP contribution < -0.4 is 11.3 Å². The molecule has 2 rings (SSSR count). The summed E-state index contributed by atoms with van der Waals surface area (Å²) in [6, 6.07) is 0. The minimum atomic E-state index is -4.61. The summed E-state index contributed by atoms with van der Waals surface area (Å²) in [5.74, 6) is 5.27. The average molecular weight is 277 g/mol. The monoisotopic (exact) mass is 277 g/mol. The lowest BCUT2D eigenvalue weighted by Crippen LogP contribution is -2.41. The van der Waals surface area contributed by atoms with Crippen molar-refractivity contribution in [1.29, 1.82) is 0 Å². The van der Waals surface area contributed by atoms with E-state index in [2.05, 4.69) is 5.10 Å². The smallest absolute Gasteiger partial charge is 0.399 e. The van der Waals surface area contributed by atoms with E-state index in [1.807, 2.05) is 0 Å². The molecule has 2 N–H and O–H groups in total. The molecule has 0 aliphatic carbocycles. The number of nitrogen functional groups attached to an aromatic ring is 1. The van der Waals surface area contributed by atoms with Gasteiger partial charge in [-0.15, -0.1) is 5.10 Å². The first-order valence-corrected chi connectivity index (χ1v) is 5.71. The van der Waals surface area contributed by atoms with E-state index in [1.165, 1.54) is 0 Å². The molecule has 1 aromatic rings. The zero-order chi connectivity index (χ0) is 14.6. The van der Waals surface area contributed by atoms with E-state index >= 15 is 0 Å². The molecular weight excluding hydrogens is 262 g/mol. The maximum atomic E-state index is 12.9. The topological polar surface area (TPSA) is 62.3 Å². The Bertz CT molecular complexity index is 483. The molecular formula is C10H15BF3N3O2. The van der Waals surface area contributed by atoms with Gasteiger partial charge in [-0.3, -0.25) is 0 Å². The Kier molecular flexibility index (Phi) is 2.91. The SMILES string of the molecule is CC1(C)OB(c2cn(N)nc2C(F)(F)F)OC1(C)C. The highest BCUT2D eigenvalue weighted by molar-refractivity contribution is 6.62. The Labute approximate surface area is 109 Å². The first kappa shape index (κ1) is 14.2. The van der Waals surface area contributed by atoms with Crippen molar-refractivity contribution in [1.82, 2.24) is 9.89 Å². The summed E-state index contributed by atoms with van der Waals surface area (Å²) in [5, 5.41) is 3.23. The van der Waals surface area contributed by atoms with E-state index in [-0.39, 0.29) is 5.46 Å². The Morgan fingerprint density at radius 2 is 1.68 bits per heavy atom. The van der Waals surface area contributed by atoms with Crippen molar-refractivity contribution in [3.63, 3.8) is 0 Å². The molecule has 9 heteroatoms. The Hall–Kier alpha value is -1.22. The van der Waals surface area contributed by atoms with Crippen molar-refractivity contribution in [2.75, 3.05) is 5.84 Å². The summed E-state index contributed by atoms with van der Waals surface area (Å²) in [4.78, 5) is 0.614. The van der Waals surface area contributed by atoms with Crippen LogP contribution in [0.4, 0.5) is 13.2 Å². The molecule has 0 radical (unpaired) electrons. The van der Waals surface area contributed by atoms with Crippen LogP contribution in [0.3, 0.4) is 0 Å². The van der Waals surface area contributed by atoms with E-state index < -0.39 is 30.2 Å². The lowest BCUT2D eigenvalue weighted by atomic mass is 9.79. The number of nitrogens with zero attached hydrogens (tertiary/aromatic N) is 2. The minimum absolute atomic E-state index is 0.214.